The summed E-state index contributed by atoms with van der Waals surface area (Å²) in [4.78, 5) is 26.4. The molecule has 0 aliphatic heterocycles. The van der Waals surface area contributed by atoms with Crippen molar-refractivity contribution in [3.63, 3.8) is 0 Å². The zero-order valence-electron chi connectivity index (χ0n) is 19.1. The first-order valence-electron chi connectivity index (χ1n) is 10.6. The Morgan fingerprint density at radius 3 is 2.29 bits per heavy atom. The van der Waals surface area contributed by atoms with E-state index in [-0.39, 0.29) is 36.1 Å². The molecule has 10 heteroatoms. The minimum absolute atomic E-state index is 0.0144. The summed E-state index contributed by atoms with van der Waals surface area (Å²) in [5.74, 6) is -0.959. The number of carbonyl (C=O) groups excluding carboxylic acids is 2. The summed E-state index contributed by atoms with van der Waals surface area (Å²) in [6.45, 7) is -0.103. The fourth-order valence-electron chi connectivity index (χ4n) is 3.55. The highest BCUT2D eigenvalue weighted by Crippen LogP contribution is 2.27. The van der Waals surface area contributed by atoms with Crippen molar-refractivity contribution in [1.82, 2.24) is 4.90 Å². The van der Waals surface area contributed by atoms with Crippen LogP contribution in [-0.4, -0.2) is 44.7 Å². The van der Waals surface area contributed by atoms with E-state index in [1.54, 1.807) is 66.7 Å². The number of hydrogen-bond acceptors (Lipinski definition) is 6. The van der Waals surface area contributed by atoms with Crippen molar-refractivity contribution < 1.29 is 22.7 Å². The Morgan fingerprint density at radius 1 is 0.971 bits per heavy atom. The molecule has 35 heavy (non-hydrogen) atoms. The lowest BCUT2D eigenvalue weighted by Gasteiger charge is -2.22. The van der Waals surface area contributed by atoms with Crippen LogP contribution in [0.2, 0.25) is 0 Å². The fraction of sp³-hybridized carbons (Fsp3) is 0.160. The summed E-state index contributed by atoms with van der Waals surface area (Å²) < 4.78 is 28.6. The second-order valence-corrected chi connectivity index (χ2v) is 9.38. The number of esters is 1. The van der Waals surface area contributed by atoms with Crippen LogP contribution in [0.15, 0.2) is 77.7 Å². The van der Waals surface area contributed by atoms with E-state index in [9.17, 15) is 18.0 Å². The highest BCUT2D eigenvalue weighted by Gasteiger charge is 2.19. The lowest BCUT2D eigenvalue weighted by molar-refractivity contribution is -0.147. The first-order valence-corrected chi connectivity index (χ1v) is 12.1. The highest BCUT2D eigenvalue weighted by molar-refractivity contribution is 7.89. The van der Waals surface area contributed by atoms with Gasteiger partial charge in [-0.3, -0.25) is 15.0 Å². The summed E-state index contributed by atoms with van der Waals surface area (Å²) >= 11 is 0. The van der Waals surface area contributed by atoms with Crippen molar-refractivity contribution in [2.24, 2.45) is 10.9 Å². The van der Waals surface area contributed by atoms with Crippen LogP contribution in [0.3, 0.4) is 0 Å². The summed E-state index contributed by atoms with van der Waals surface area (Å²) in [6.07, 6.45) is 0.0144. The van der Waals surface area contributed by atoms with Crippen LogP contribution in [0.1, 0.15) is 16.7 Å². The van der Waals surface area contributed by atoms with Crippen molar-refractivity contribution in [2.75, 3.05) is 13.7 Å². The second kappa shape index (κ2) is 10.9. The number of rotatable bonds is 9. The Morgan fingerprint density at radius 2 is 1.66 bits per heavy atom. The van der Waals surface area contributed by atoms with Crippen LogP contribution in [-0.2, 0) is 37.3 Å². The SMILES string of the molecule is COC(=O)CN(Cc1cccc(C(=N)N)c1)C(=O)Cc1ccc(-c2ccccc2S(N)(=O)=O)cc1. The quantitative estimate of drug-likeness (QED) is 0.235. The molecule has 1 amide bonds. The lowest BCUT2D eigenvalue weighted by atomic mass is 10.0. The van der Waals surface area contributed by atoms with Crippen LogP contribution in [0.5, 0.6) is 0 Å². The van der Waals surface area contributed by atoms with Crippen molar-refractivity contribution in [3.8, 4) is 11.1 Å². The van der Waals surface area contributed by atoms with Gasteiger partial charge in [-0.25, -0.2) is 13.6 Å². The maximum Gasteiger partial charge on any atom is 0.325 e. The predicted octanol–water partition coefficient (Wildman–Crippen LogP) is 2.03. The number of primary sulfonamides is 1. The van der Waals surface area contributed by atoms with E-state index in [2.05, 4.69) is 0 Å². The zero-order chi connectivity index (χ0) is 25.6. The number of hydrogen-bond donors (Lipinski definition) is 3. The van der Waals surface area contributed by atoms with E-state index in [0.717, 1.165) is 0 Å². The van der Waals surface area contributed by atoms with Crippen LogP contribution in [0, 0.1) is 5.41 Å². The van der Waals surface area contributed by atoms with Gasteiger partial charge in [-0.15, -0.1) is 0 Å². The third-order valence-electron chi connectivity index (χ3n) is 5.33. The highest BCUT2D eigenvalue weighted by atomic mass is 32.2. The van der Waals surface area contributed by atoms with Crippen molar-refractivity contribution in [3.05, 3.63) is 89.5 Å². The predicted molar refractivity (Wildman–Crippen MR) is 132 cm³/mol. The van der Waals surface area contributed by atoms with Crippen LogP contribution in [0.25, 0.3) is 11.1 Å². The van der Waals surface area contributed by atoms with Gasteiger partial charge in [0.25, 0.3) is 0 Å². The topological polar surface area (TPSA) is 157 Å². The molecular weight excluding hydrogens is 468 g/mol. The minimum Gasteiger partial charge on any atom is -0.468 e. The summed E-state index contributed by atoms with van der Waals surface area (Å²) in [7, 11) is -2.65. The molecule has 0 radical (unpaired) electrons. The van der Waals surface area contributed by atoms with Crippen LogP contribution < -0.4 is 10.9 Å². The number of benzene rings is 3. The molecule has 182 valence electrons. The number of nitrogens with two attached hydrogens (primary N) is 2. The van der Waals surface area contributed by atoms with Gasteiger partial charge in [0.15, 0.2) is 0 Å². The Labute approximate surface area is 203 Å². The van der Waals surface area contributed by atoms with Gasteiger partial charge in [0.2, 0.25) is 15.9 Å². The van der Waals surface area contributed by atoms with E-state index in [4.69, 9.17) is 21.0 Å². The van der Waals surface area contributed by atoms with Gasteiger partial charge in [-0.05, 0) is 28.8 Å². The van der Waals surface area contributed by atoms with E-state index in [0.29, 0.717) is 27.8 Å². The van der Waals surface area contributed by atoms with Gasteiger partial charge >= 0.3 is 5.97 Å². The first kappa shape index (κ1) is 25.6. The third-order valence-corrected chi connectivity index (χ3v) is 6.29. The summed E-state index contributed by atoms with van der Waals surface area (Å²) in [5, 5.41) is 12.9. The Bertz CT molecular complexity index is 1350. The fourth-order valence-corrected chi connectivity index (χ4v) is 4.31. The Hall–Kier alpha value is -4.02. The molecule has 0 spiro atoms. The largest absolute Gasteiger partial charge is 0.468 e. The molecule has 0 saturated heterocycles. The van der Waals surface area contributed by atoms with Gasteiger partial charge in [0, 0.05) is 17.7 Å². The average Bonchev–Trinajstić information content (AvgIpc) is 2.83. The number of methoxy groups -OCH3 is 1. The minimum atomic E-state index is -3.90. The molecule has 0 unspecified atom stereocenters. The third kappa shape index (κ3) is 6.75. The normalized spacial score (nSPS) is 11.0. The van der Waals surface area contributed by atoms with Crippen molar-refractivity contribution in [2.45, 2.75) is 17.9 Å². The lowest BCUT2D eigenvalue weighted by Crippen LogP contribution is -2.36. The van der Waals surface area contributed by atoms with Gasteiger partial charge in [0.1, 0.15) is 12.4 Å². The number of amidine groups is 1. The van der Waals surface area contributed by atoms with E-state index in [1.807, 2.05) is 0 Å². The number of nitrogen functional groups attached to an aromatic ring is 1. The number of sulfonamides is 1. The molecule has 3 aromatic rings. The van der Waals surface area contributed by atoms with Gasteiger partial charge in [-0.1, -0.05) is 60.7 Å². The van der Waals surface area contributed by atoms with E-state index >= 15 is 0 Å². The number of amides is 1. The molecule has 3 rings (SSSR count). The molecule has 0 aromatic heterocycles. The number of ether oxygens (including phenoxy) is 1. The second-order valence-electron chi connectivity index (χ2n) is 7.85. The molecule has 0 aliphatic rings. The number of nitrogens with one attached hydrogen (secondary N) is 1. The molecular formula is C25H26N4O5S. The van der Waals surface area contributed by atoms with Crippen LogP contribution >= 0.6 is 0 Å². The maximum atomic E-state index is 13.1. The molecule has 0 saturated carbocycles. The molecule has 0 aliphatic carbocycles. The maximum absolute atomic E-state index is 13.1. The molecule has 0 heterocycles. The molecule has 9 nitrogen and oxygen atoms in total. The standard InChI is InChI=1S/C25H26N4O5S/c1-34-24(31)16-29(15-18-5-4-6-20(13-18)25(26)27)23(30)14-17-9-11-19(12-10-17)21-7-2-3-8-22(21)35(28,32)33/h2-13H,14-16H2,1H3,(H3,26,27)(H2,28,32,33). The molecule has 5 N–H and O–H groups in total. The van der Waals surface area contributed by atoms with Gasteiger partial charge in [-0.2, -0.15) is 0 Å². The summed E-state index contributed by atoms with van der Waals surface area (Å²) in [5.41, 5.74) is 8.56. The monoisotopic (exact) mass is 494 g/mol. The van der Waals surface area contributed by atoms with Crippen molar-refractivity contribution in [1.29, 1.82) is 5.41 Å². The average molecular weight is 495 g/mol. The Balaban J connectivity index is 1.81. The zero-order valence-corrected chi connectivity index (χ0v) is 19.9. The van der Waals surface area contributed by atoms with Crippen molar-refractivity contribution >= 4 is 27.7 Å². The van der Waals surface area contributed by atoms with E-state index < -0.39 is 16.0 Å². The number of nitrogens with zero attached hydrogens (tertiary/aromatic N) is 1. The van der Waals surface area contributed by atoms with Gasteiger partial charge < -0.3 is 15.4 Å². The number of carbonyl (C=O) groups is 2. The molecule has 0 bridgehead atoms. The van der Waals surface area contributed by atoms with Crippen LogP contribution in [0.4, 0.5) is 0 Å². The molecule has 0 fully saturated rings. The first-order chi connectivity index (χ1) is 16.6. The van der Waals surface area contributed by atoms with Gasteiger partial charge in [0.05, 0.1) is 18.4 Å². The Kier molecular flexibility index (Phi) is 8.00. The van der Waals surface area contributed by atoms with E-state index in [1.165, 1.54) is 18.1 Å². The molecule has 3 aromatic carbocycles. The smallest absolute Gasteiger partial charge is 0.325 e. The summed E-state index contributed by atoms with van der Waals surface area (Å²) in [6, 6.07) is 20.2. The molecule has 0 atom stereocenters.